The number of thiazole rings is 1. The predicted molar refractivity (Wildman–Crippen MR) is 109 cm³/mol. The highest BCUT2D eigenvalue weighted by Crippen LogP contribution is 2.22. The maximum Gasteiger partial charge on any atom is 0.194 e. The van der Waals surface area contributed by atoms with E-state index in [0.29, 0.717) is 12.6 Å². The third kappa shape index (κ3) is 5.05. The number of aromatic nitrogens is 1. The van der Waals surface area contributed by atoms with Crippen LogP contribution in [-0.2, 0) is 11.3 Å². The lowest BCUT2D eigenvalue weighted by molar-refractivity contribution is 0.0263. The first-order chi connectivity index (χ1) is 12.8. The minimum Gasteiger partial charge on any atom is -0.378 e. The van der Waals surface area contributed by atoms with Crippen molar-refractivity contribution < 1.29 is 4.74 Å². The molecular formula is C20H28N4OS. The smallest absolute Gasteiger partial charge is 0.194 e. The molecule has 0 spiro atoms. The minimum atomic E-state index is 0.395. The van der Waals surface area contributed by atoms with Crippen LogP contribution >= 0.6 is 11.3 Å². The Morgan fingerprint density at radius 3 is 2.73 bits per heavy atom. The molecule has 0 aliphatic carbocycles. The summed E-state index contributed by atoms with van der Waals surface area (Å²) in [7, 11) is 0. The molecule has 26 heavy (non-hydrogen) atoms. The van der Waals surface area contributed by atoms with E-state index in [1.165, 1.54) is 0 Å². The highest BCUT2D eigenvalue weighted by atomic mass is 32.1. The fraction of sp³-hybridized carbons (Fsp3) is 0.500. The number of ether oxygens (including phenoxy) is 1. The van der Waals surface area contributed by atoms with Crippen molar-refractivity contribution in [3.8, 4) is 11.3 Å². The van der Waals surface area contributed by atoms with Crippen molar-refractivity contribution in [1.29, 1.82) is 0 Å². The molecular weight excluding hydrogens is 344 g/mol. The van der Waals surface area contributed by atoms with Gasteiger partial charge in [-0.3, -0.25) is 0 Å². The lowest BCUT2D eigenvalue weighted by Crippen LogP contribution is -2.47. The highest BCUT2D eigenvalue weighted by molar-refractivity contribution is 7.09. The second-order valence-corrected chi connectivity index (χ2v) is 7.25. The van der Waals surface area contributed by atoms with E-state index in [-0.39, 0.29) is 0 Å². The summed E-state index contributed by atoms with van der Waals surface area (Å²) in [5.41, 5.74) is 2.19. The largest absolute Gasteiger partial charge is 0.378 e. The molecule has 0 atom stereocenters. The SMILES string of the molecule is CCNC(=NCc1nc(-c2ccccc2)cs1)N1CCC(OCC)CC1. The molecule has 0 saturated carbocycles. The fourth-order valence-electron chi connectivity index (χ4n) is 3.16. The van der Waals surface area contributed by atoms with Gasteiger partial charge in [-0.1, -0.05) is 30.3 Å². The lowest BCUT2D eigenvalue weighted by Gasteiger charge is -2.34. The topological polar surface area (TPSA) is 49.8 Å². The first-order valence-corrected chi connectivity index (χ1v) is 10.3. The standard InChI is InChI=1S/C20H28N4OS/c1-3-21-20(24-12-10-17(11-13-24)25-4-2)22-14-19-23-18(15-26-19)16-8-6-5-7-9-16/h5-9,15,17H,3-4,10-14H2,1-2H3,(H,21,22). The van der Waals surface area contributed by atoms with Crippen molar-refractivity contribution in [2.24, 2.45) is 4.99 Å². The average molecular weight is 373 g/mol. The number of likely N-dealkylation sites (tertiary alicyclic amines) is 1. The van der Waals surface area contributed by atoms with Crippen LogP contribution in [0, 0.1) is 0 Å². The summed E-state index contributed by atoms with van der Waals surface area (Å²) in [6.07, 6.45) is 2.52. The van der Waals surface area contributed by atoms with E-state index in [2.05, 4.69) is 41.6 Å². The molecule has 6 heteroatoms. The van der Waals surface area contributed by atoms with E-state index in [0.717, 1.165) is 61.3 Å². The van der Waals surface area contributed by atoms with Crippen LogP contribution in [0.25, 0.3) is 11.3 Å². The van der Waals surface area contributed by atoms with Crippen LogP contribution in [0.5, 0.6) is 0 Å². The Bertz CT molecular complexity index is 693. The number of nitrogens with zero attached hydrogens (tertiary/aromatic N) is 3. The molecule has 1 aromatic heterocycles. The maximum absolute atomic E-state index is 5.75. The van der Waals surface area contributed by atoms with Crippen LogP contribution in [0.4, 0.5) is 0 Å². The summed E-state index contributed by atoms with van der Waals surface area (Å²) in [5.74, 6) is 0.985. The van der Waals surface area contributed by atoms with Crippen LogP contribution in [-0.4, -0.2) is 48.2 Å². The van der Waals surface area contributed by atoms with Gasteiger partial charge in [0.25, 0.3) is 0 Å². The molecule has 1 aliphatic heterocycles. The van der Waals surface area contributed by atoms with E-state index < -0.39 is 0 Å². The maximum atomic E-state index is 5.75. The van der Waals surface area contributed by atoms with E-state index in [1.54, 1.807) is 11.3 Å². The van der Waals surface area contributed by atoms with Gasteiger partial charge in [0, 0.05) is 37.2 Å². The Morgan fingerprint density at radius 2 is 2.04 bits per heavy atom. The zero-order valence-corrected chi connectivity index (χ0v) is 16.5. The van der Waals surface area contributed by atoms with E-state index in [1.807, 2.05) is 18.2 Å². The fourth-order valence-corrected chi connectivity index (χ4v) is 3.89. The Kier molecular flexibility index (Phi) is 7.03. The number of benzene rings is 1. The van der Waals surface area contributed by atoms with Crippen LogP contribution in [0.1, 0.15) is 31.7 Å². The summed E-state index contributed by atoms with van der Waals surface area (Å²) in [6.45, 7) is 8.44. The first kappa shape index (κ1) is 18.9. The van der Waals surface area contributed by atoms with Crippen molar-refractivity contribution in [3.63, 3.8) is 0 Å². The van der Waals surface area contributed by atoms with Crippen molar-refractivity contribution in [3.05, 3.63) is 40.7 Å². The van der Waals surface area contributed by atoms with Gasteiger partial charge in [-0.15, -0.1) is 11.3 Å². The molecule has 1 saturated heterocycles. The zero-order valence-electron chi connectivity index (χ0n) is 15.6. The third-order valence-corrected chi connectivity index (χ3v) is 5.30. The molecule has 1 fully saturated rings. The quantitative estimate of drug-likeness (QED) is 0.619. The summed E-state index contributed by atoms with van der Waals surface area (Å²) in [4.78, 5) is 11.9. The van der Waals surface area contributed by atoms with Crippen LogP contribution < -0.4 is 5.32 Å². The van der Waals surface area contributed by atoms with Crippen molar-refractivity contribution in [1.82, 2.24) is 15.2 Å². The molecule has 0 bridgehead atoms. The second-order valence-electron chi connectivity index (χ2n) is 6.30. The zero-order chi connectivity index (χ0) is 18.2. The van der Waals surface area contributed by atoms with Crippen molar-refractivity contribution in [2.45, 2.75) is 39.3 Å². The number of guanidine groups is 1. The van der Waals surface area contributed by atoms with E-state index >= 15 is 0 Å². The Hall–Kier alpha value is -1.92. The van der Waals surface area contributed by atoms with Crippen molar-refractivity contribution >= 4 is 17.3 Å². The molecule has 5 nitrogen and oxygen atoms in total. The van der Waals surface area contributed by atoms with E-state index in [9.17, 15) is 0 Å². The molecule has 0 amide bonds. The molecule has 3 rings (SSSR count). The van der Waals surface area contributed by atoms with Crippen LogP contribution in [0.2, 0.25) is 0 Å². The monoisotopic (exact) mass is 372 g/mol. The molecule has 0 unspecified atom stereocenters. The van der Waals surface area contributed by atoms with Gasteiger partial charge in [-0.25, -0.2) is 9.98 Å². The number of rotatable bonds is 6. The normalized spacial score (nSPS) is 16.1. The van der Waals surface area contributed by atoms with Crippen LogP contribution in [0.3, 0.4) is 0 Å². The Morgan fingerprint density at radius 1 is 1.27 bits per heavy atom. The van der Waals surface area contributed by atoms with Gasteiger partial charge >= 0.3 is 0 Å². The first-order valence-electron chi connectivity index (χ1n) is 9.44. The van der Waals surface area contributed by atoms with Gasteiger partial charge in [0.2, 0.25) is 0 Å². The number of piperidine rings is 1. The summed E-state index contributed by atoms with van der Waals surface area (Å²) < 4.78 is 5.75. The molecule has 140 valence electrons. The van der Waals surface area contributed by atoms with E-state index in [4.69, 9.17) is 14.7 Å². The van der Waals surface area contributed by atoms with Gasteiger partial charge in [0.1, 0.15) is 5.01 Å². The molecule has 2 heterocycles. The molecule has 2 aromatic rings. The summed E-state index contributed by atoms with van der Waals surface area (Å²) in [5, 5.41) is 6.58. The average Bonchev–Trinajstić information content (AvgIpc) is 3.16. The Labute approximate surface area is 160 Å². The highest BCUT2D eigenvalue weighted by Gasteiger charge is 2.21. The van der Waals surface area contributed by atoms with Gasteiger partial charge in [0.15, 0.2) is 5.96 Å². The van der Waals surface area contributed by atoms with Crippen molar-refractivity contribution in [2.75, 3.05) is 26.2 Å². The molecule has 1 aromatic carbocycles. The Balaban J connectivity index is 1.62. The number of hydrogen-bond donors (Lipinski definition) is 1. The van der Waals surface area contributed by atoms with Gasteiger partial charge in [-0.05, 0) is 26.7 Å². The predicted octanol–water partition coefficient (Wildman–Crippen LogP) is 3.78. The molecule has 0 radical (unpaired) electrons. The van der Waals surface area contributed by atoms with Gasteiger partial charge < -0.3 is 15.0 Å². The van der Waals surface area contributed by atoms with Gasteiger partial charge in [-0.2, -0.15) is 0 Å². The number of hydrogen-bond acceptors (Lipinski definition) is 4. The van der Waals surface area contributed by atoms with Crippen LogP contribution in [0.15, 0.2) is 40.7 Å². The second kappa shape index (κ2) is 9.69. The number of nitrogens with one attached hydrogen (secondary N) is 1. The summed E-state index contributed by atoms with van der Waals surface area (Å²) >= 11 is 1.67. The minimum absolute atomic E-state index is 0.395. The number of aliphatic imine (C=N–C) groups is 1. The molecule has 1 aliphatic rings. The van der Waals surface area contributed by atoms with Gasteiger partial charge in [0.05, 0.1) is 18.3 Å². The lowest BCUT2D eigenvalue weighted by atomic mass is 10.1. The third-order valence-electron chi connectivity index (χ3n) is 4.46. The molecule has 1 N–H and O–H groups in total. The summed E-state index contributed by atoms with van der Waals surface area (Å²) in [6, 6.07) is 10.3.